The molecule has 0 spiro atoms. The van der Waals surface area contributed by atoms with Crippen LogP contribution in [0, 0.1) is 0 Å². The zero-order chi connectivity index (χ0) is 11.4. The highest BCUT2D eigenvalue weighted by molar-refractivity contribution is 8.00. The van der Waals surface area contributed by atoms with Crippen LogP contribution in [0.3, 0.4) is 0 Å². The minimum absolute atomic E-state index is 0.679. The standard InChI is InChI=1S/C9H18S.2C2H6/c1-3-9(10-2)7-5-4-6-8-9;2*1-2/h3-8H2,1-2H3;2*1-2H3. The van der Waals surface area contributed by atoms with Crippen molar-refractivity contribution in [1.82, 2.24) is 0 Å². The van der Waals surface area contributed by atoms with Crippen molar-refractivity contribution >= 4 is 11.8 Å². The smallest absolute Gasteiger partial charge is 0.0154 e. The molecule has 1 heteroatoms. The zero-order valence-corrected chi connectivity index (χ0v) is 12.0. The Morgan fingerprint density at radius 3 is 1.57 bits per heavy atom. The Labute approximate surface area is 96.2 Å². The maximum Gasteiger partial charge on any atom is 0.0154 e. The molecular formula is C13H30S. The molecule has 0 aromatic rings. The molecular weight excluding hydrogens is 188 g/mol. The fraction of sp³-hybridized carbons (Fsp3) is 1.00. The Bertz CT molecular complexity index is 87.4. The van der Waals surface area contributed by atoms with Crippen LogP contribution in [0.4, 0.5) is 0 Å². The first kappa shape index (κ1) is 16.8. The van der Waals surface area contributed by atoms with Crippen LogP contribution in [-0.2, 0) is 0 Å². The molecule has 0 radical (unpaired) electrons. The highest BCUT2D eigenvalue weighted by Crippen LogP contribution is 2.40. The normalized spacial score (nSPS) is 18.4. The van der Waals surface area contributed by atoms with Gasteiger partial charge in [-0.05, 0) is 25.5 Å². The molecule has 1 fully saturated rings. The lowest BCUT2D eigenvalue weighted by molar-refractivity contribution is 0.389. The topological polar surface area (TPSA) is 0 Å². The molecule has 0 aromatic heterocycles. The second-order valence-corrected chi connectivity index (χ2v) is 4.58. The predicted molar refractivity (Wildman–Crippen MR) is 72.3 cm³/mol. The van der Waals surface area contributed by atoms with E-state index in [9.17, 15) is 0 Å². The molecule has 0 atom stereocenters. The van der Waals surface area contributed by atoms with E-state index in [1.54, 1.807) is 0 Å². The summed E-state index contributed by atoms with van der Waals surface area (Å²) in [6.45, 7) is 10.3. The van der Waals surface area contributed by atoms with Gasteiger partial charge in [0.15, 0.2) is 0 Å². The molecule has 0 nitrogen and oxygen atoms in total. The van der Waals surface area contributed by atoms with Crippen molar-refractivity contribution < 1.29 is 0 Å². The van der Waals surface area contributed by atoms with Crippen molar-refractivity contribution in [3.8, 4) is 0 Å². The second-order valence-electron chi connectivity index (χ2n) is 3.30. The summed E-state index contributed by atoms with van der Waals surface area (Å²) >= 11 is 2.09. The Kier molecular flexibility index (Phi) is 13.7. The van der Waals surface area contributed by atoms with E-state index in [4.69, 9.17) is 0 Å². The molecule has 1 saturated carbocycles. The van der Waals surface area contributed by atoms with Crippen LogP contribution in [0.15, 0.2) is 0 Å². The van der Waals surface area contributed by atoms with E-state index < -0.39 is 0 Å². The summed E-state index contributed by atoms with van der Waals surface area (Å²) in [7, 11) is 0. The molecule has 1 rings (SSSR count). The molecule has 0 amide bonds. The van der Waals surface area contributed by atoms with Crippen LogP contribution in [0.25, 0.3) is 0 Å². The minimum Gasteiger partial charge on any atom is -0.159 e. The molecule has 0 saturated heterocycles. The maximum atomic E-state index is 2.34. The van der Waals surface area contributed by atoms with Gasteiger partial charge in [-0.15, -0.1) is 0 Å². The Hall–Kier alpha value is 0.350. The van der Waals surface area contributed by atoms with Crippen LogP contribution in [-0.4, -0.2) is 11.0 Å². The predicted octanol–water partition coefficient (Wildman–Crippen LogP) is 5.51. The Morgan fingerprint density at radius 2 is 1.36 bits per heavy atom. The average molecular weight is 218 g/mol. The van der Waals surface area contributed by atoms with Gasteiger partial charge in [0.05, 0.1) is 0 Å². The molecule has 0 aromatic carbocycles. The third-order valence-electron chi connectivity index (χ3n) is 2.84. The van der Waals surface area contributed by atoms with Crippen molar-refractivity contribution in [2.45, 2.75) is 77.9 Å². The van der Waals surface area contributed by atoms with Gasteiger partial charge in [0.1, 0.15) is 0 Å². The fourth-order valence-corrected chi connectivity index (χ4v) is 2.88. The molecule has 0 bridgehead atoms. The van der Waals surface area contributed by atoms with Gasteiger partial charge >= 0.3 is 0 Å². The highest BCUT2D eigenvalue weighted by Gasteiger charge is 2.28. The third kappa shape index (κ3) is 5.95. The molecule has 0 N–H and O–H groups in total. The average Bonchev–Trinajstić information content (AvgIpc) is 2.35. The summed E-state index contributed by atoms with van der Waals surface area (Å²) < 4.78 is 0.679. The molecule has 14 heavy (non-hydrogen) atoms. The first-order valence-corrected chi connectivity index (χ1v) is 7.60. The van der Waals surface area contributed by atoms with Gasteiger partial charge in [-0.2, -0.15) is 11.8 Å². The summed E-state index contributed by atoms with van der Waals surface area (Å²) in [6.07, 6.45) is 11.0. The molecule has 1 aliphatic carbocycles. The summed E-state index contributed by atoms with van der Waals surface area (Å²) in [6, 6.07) is 0. The first-order chi connectivity index (χ1) is 6.83. The first-order valence-electron chi connectivity index (χ1n) is 6.38. The summed E-state index contributed by atoms with van der Waals surface area (Å²) in [5.74, 6) is 0. The number of hydrogen-bond acceptors (Lipinski definition) is 1. The minimum atomic E-state index is 0.679. The number of rotatable bonds is 2. The van der Waals surface area contributed by atoms with Gasteiger partial charge in [0.2, 0.25) is 0 Å². The van der Waals surface area contributed by atoms with Crippen molar-refractivity contribution in [3.63, 3.8) is 0 Å². The van der Waals surface area contributed by atoms with Crippen molar-refractivity contribution in [2.24, 2.45) is 0 Å². The van der Waals surface area contributed by atoms with Gasteiger partial charge in [-0.25, -0.2) is 0 Å². The Morgan fingerprint density at radius 1 is 0.929 bits per heavy atom. The van der Waals surface area contributed by atoms with Crippen LogP contribution in [0.2, 0.25) is 0 Å². The number of thioether (sulfide) groups is 1. The van der Waals surface area contributed by atoms with E-state index in [0.717, 1.165) is 0 Å². The maximum absolute atomic E-state index is 2.34. The van der Waals surface area contributed by atoms with E-state index in [0.29, 0.717) is 4.75 Å². The lowest BCUT2D eigenvalue weighted by Crippen LogP contribution is -2.26. The second kappa shape index (κ2) is 11.4. The molecule has 0 heterocycles. The van der Waals surface area contributed by atoms with Gasteiger partial charge in [-0.1, -0.05) is 53.9 Å². The lowest BCUT2D eigenvalue weighted by Gasteiger charge is -2.34. The van der Waals surface area contributed by atoms with E-state index in [-0.39, 0.29) is 0 Å². The van der Waals surface area contributed by atoms with Gasteiger partial charge in [0, 0.05) is 4.75 Å². The van der Waals surface area contributed by atoms with Crippen LogP contribution < -0.4 is 0 Å². The van der Waals surface area contributed by atoms with Gasteiger partial charge < -0.3 is 0 Å². The highest BCUT2D eigenvalue weighted by atomic mass is 32.2. The monoisotopic (exact) mass is 218 g/mol. The summed E-state index contributed by atoms with van der Waals surface area (Å²) in [5, 5.41) is 0. The van der Waals surface area contributed by atoms with Crippen LogP contribution >= 0.6 is 11.8 Å². The third-order valence-corrected chi connectivity index (χ3v) is 4.41. The van der Waals surface area contributed by atoms with Gasteiger partial charge in [0.25, 0.3) is 0 Å². The van der Waals surface area contributed by atoms with Gasteiger partial charge in [-0.3, -0.25) is 0 Å². The zero-order valence-electron chi connectivity index (χ0n) is 11.2. The quantitative estimate of drug-likeness (QED) is 0.588. The molecule has 1 aliphatic rings. The summed E-state index contributed by atoms with van der Waals surface area (Å²) in [5.41, 5.74) is 0. The van der Waals surface area contributed by atoms with E-state index in [2.05, 4.69) is 24.9 Å². The van der Waals surface area contributed by atoms with E-state index >= 15 is 0 Å². The SMILES string of the molecule is CC.CC.CCC1(SC)CCCCC1. The van der Waals surface area contributed by atoms with Crippen molar-refractivity contribution in [3.05, 3.63) is 0 Å². The molecule has 88 valence electrons. The van der Waals surface area contributed by atoms with Crippen molar-refractivity contribution in [1.29, 1.82) is 0 Å². The molecule has 0 unspecified atom stereocenters. The lowest BCUT2D eigenvalue weighted by atomic mass is 9.86. The fourth-order valence-electron chi connectivity index (χ4n) is 1.90. The largest absolute Gasteiger partial charge is 0.159 e. The molecule has 0 aliphatic heterocycles. The van der Waals surface area contributed by atoms with Crippen LogP contribution in [0.1, 0.15) is 73.1 Å². The number of hydrogen-bond donors (Lipinski definition) is 0. The van der Waals surface area contributed by atoms with Crippen molar-refractivity contribution in [2.75, 3.05) is 6.26 Å². The Balaban J connectivity index is 0. The van der Waals surface area contributed by atoms with E-state index in [1.165, 1.54) is 38.5 Å². The summed E-state index contributed by atoms with van der Waals surface area (Å²) in [4.78, 5) is 0. The van der Waals surface area contributed by atoms with Crippen LogP contribution in [0.5, 0.6) is 0 Å². The van der Waals surface area contributed by atoms with E-state index in [1.807, 2.05) is 27.7 Å².